The summed E-state index contributed by atoms with van der Waals surface area (Å²) in [5.74, 6) is 6.50. The molecule has 0 amide bonds. The van der Waals surface area contributed by atoms with Crippen molar-refractivity contribution in [2.75, 3.05) is 7.05 Å². The molecular weight excluding hydrogens is 148 g/mol. The van der Waals surface area contributed by atoms with Crippen molar-refractivity contribution in [2.24, 2.45) is 11.8 Å². The predicted molar refractivity (Wildman–Crippen MR) is 54.7 cm³/mol. The van der Waals surface area contributed by atoms with Crippen molar-refractivity contribution in [1.82, 2.24) is 5.01 Å². The third kappa shape index (κ3) is 4.07. The molecule has 12 heavy (non-hydrogen) atoms. The van der Waals surface area contributed by atoms with Gasteiger partial charge in [-0.3, -0.25) is 5.84 Å². The lowest BCUT2D eigenvalue weighted by atomic mass is 9.94. The molecule has 0 aliphatic carbocycles. The van der Waals surface area contributed by atoms with Crippen LogP contribution in [0.1, 0.15) is 46.5 Å². The van der Waals surface area contributed by atoms with Crippen molar-refractivity contribution in [1.29, 1.82) is 0 Å². The first-order chi connectivity index (χ1) is 5.63. The fraction of sp³-hybridized carbons (Fsp3) is 1.00. The van der Waals surface area contributed by atoms with E-state index >= 15 is 0 Å². The van der Waals surface area contributed by atoms with Gasteiger partial charge in [-0.1, -0.05) is 40.0 Å². The molecule has 0 aliphatic heterocycles. The first kappa shape index (κ1) is 11.9. The molecule has 2 nitrogen and oxygen atoms in total. The summed E-state index contributed by atoms with van der Waals surface area (Å²) in [6, 6.07) is 0.565. The molecular formula is C10H24N2. The van der Waals surface area contributed by atoms with Crippen LogP contribution in [0.25, 0.3) is 0 Å². The Hall–Kier alpha value is -0.0800. The predicted octanol–water partition coefficient (Wildman–Crippen LogP) is 2.40. The number of hydrogen-bond acceptors (Lipinski definition) is 2. The van der Waals surface area contributed by atoms with Crippen LogP contribution in [0.3, 0.4) is 0 Å². The second-order valence-electron chi connectivity index (χ2n) is 3.76. The highest BCUT2D eigenvalue weighted by atomic mass is 15.4. The first-order valence-corrected chi connectivity index (χ1v) is 5.11. The van der Waals surface area contributed by atoms with Crippen LogP contribution in [0, 0.1) is 5.92 Å². The summed E-state index contributed by atoms with van der Waals surface area (Å²) >= 11 is 0. The van der Waals surface area contributed by atoms with Crippen LogP contribution in [0.2, 0.25) is 0 Å². The standard InChI is InChI=1S/C10H24N2/c1-5-7-8-10(12(4)11)9(3)6-2/h9-10H,5-8,11H2,1-4H3. The number of rotatable bonds is 6. The Labute approximate surface area is 77.1 Å². The minimum Gasteiger partial charge on any atom is -0.269 e. The molecule has 0 bridgehead atoms. The molecule has 2 heteroatoms. The smallest absolute Gasteiger partial charge is 0.0263 e. The maximum atomic E-state index is 5.79. The second-order valence-corrected chi connectivity index (χ2v) is 3.76. The highest BCUT2D eigenvalue weighted by Crippen LogP contribution is 2.16. The Balaban J connectivity index is 3.85. The topological polar surface area (TPSA) is 29.3 Å². The first-order valence-electron chi connectivity index (χ1n) is 5.11. The average Bonchev–Trinajstić information content (AvgIpc) is 2.04. The number of unbranched alkanes of at least 4 members (excludes halogenated alkanes) is 1. The van der Waals surface area contributed by atoms with Crippen LogP contribution >= 0.6 is 0 Å². The fourth-order valence-electron chi connectivity index (χ4n) is 1.57. The number of nitrogens with two attached hydrogens (primary N) is 1. The van der Waals surface area contributed by atoms with E-state index in [1.54, 1.807) is 0 Å². The quantitative estimate of drug-likeness (QED) is 0.492. The van der Waals surface area contributed by atoms with E-state index in [0.717, 1.165) is 0 Å². The van der Waals surface area contributed by atoms with Gasteiger partial charge >= 0.3 is 0 Å². The normalized spacial score (nSPS) is 16.5. The van der Waals surface area contributed by atoms with Crippen LogP contribution in [-0.4, -0.2) is 18.1 Å². The Morgan fingerprint density at radius 2 is 1.92 bits per heavy atom. The molecule has 0 fully saturated rings. The largest absolute Gasteiger partial charge is 0.269 e. The van der Waals surface area contributed by atoms with E-state index in [1.807, 2.05) is 12.1 Å². The summed E-state index contributed by atoms with van der Waals surface area (Å²) in [7, 11) is 1.98. The van der Waals surface area contributed by atoms with Crippen LogP contribution in [0.5, 0.6) is 0 Å². The molecule has 0 saturated heterocycles. The van der Waals surface area contributed by atoms with Gasteiger partial charge in [0.1, 0.15) is 0 Å². The van der Waals surface area contributed by atoms with Crippen molar-refractivity contribution in [2.45, 2.75) is 52.5 Å². The van der Waals surface area contributed by atoms with Crippen LogP contribution < -0.4 is 5.84 Å². The molecule has 2 N–H and O–H groups in total. The van der Waals surface area contributed by atoms with Gasteiger partial charge in [0, 0.05) is 13.1 Å². The average molecular weight is 172 g/mol. The Morgan fingerprint density at radius 3 is 2.25 bits per heavy atom. The van der Waals surface area contributed by atoms with E-state index in [0.29, 0.717) is 12.0 Å². The van der Waals surface area contributed by atoms with E-state index in [4.69, 9.17) is 5.84 Å². The lowest BCUT2D eigenvalue weighted by molar-refractivity contribution is 0.169. The van der Waals surface area contributed by atoms with Gasteiger partial charge in [0.2, 0.25) is 0 Å². The minimum absolute atomic E-state index is 0.565. The van der Waals surface area contributed by atoms with Gasteiger partial charge in [-0.2, -0.15) is 0 Å². The summed E-state index contributed by atoms with van der Waals surface area (Å²) in [5, 5.41) is 1.88. The number of hydrogen-bond donors (Lipinski definition) is 1. The van der Waals surface area contributed by atoms with E-state index in [-0.39, 0.29) is 0 Å². The minimum atomic E-state index is 0.565. The summed E-state index contributed by atoms with van der Waals surface area (Å²) in [6.45, 7) is 6.74. The summed E-state index contributed by atoms with van der Waals surface area (Å²) < 4.78 is 0. The molecule has 74 valence electrons. The zero-order chi connectivity index (χ0) is 9.56. The van der Waals surface area contributed by atoms with Gasteiger partial charge < -0.3 is 0 Å². The van der Waals surface area contributed by atoms with Crippen molar-refractivity contribution in [3.8, 4) is 0 Å². The van der Waals surface area contributed by atoms with Gasteiger partial charge in [-0.05, 0) is 12.3 Å². The highest BCUT2D eigenvalue weighted by Gasteiger charge is 2.17. The Bertz CT molecular complexity index is 102. The molecule has 0 aromatic carbocycles. The van der Waals surface area contributed by atoms with E-state index in [1.165, 1.54) is 25.7 Å². The number of nitrogens with zero attached hydrogens (tertiary/aromatic N) is 1. The van der Waals surface area contributed by atoms with Gasteiger partial charge in [0.05, 0.1) is 0 Å². The van der Waals surface area contributed by atoms with Gasteiger partial charge in [-0.15, -0.1) is 0 Å². The van der Waals surface area contributed by atoms with Gasteiger partial charge in [0.25, 0.3) is 0 Å². The molecule has 0 aliphatic rings. The van der Waals surface area contributed by atoms with E-state index in [2.05, 4.69) is 20.8 Å². The van der Waals surface area contributed by atoms with Crippen molar-refractivity contribution in [3.05, 3.63) is 0 Å². The fourth-order valence-corrected chi connectivity index (χ4v) is 1.57. The maximum Gasteiger partial charge on any atom is 0.0263 e. The third-order valence-corrected chi connectivity index (χ3v) is 2.68. The summed E-state index contributed by atoms with van der Waals surface area (Å²) in [5.41, 5.74) is 0. The van der Waals surface area contributed by atoms with Gasteiger partial charge in [0.15, 0.2) is 0 Å². The highest BCUT2D eigenvalue weighted by molar-refractivity contribution is 4.70. The molecule has 0 rings (SSSR count). The second kappa shape index (κ2) is 6.44. The zero-order valence-electron chi connectivity index (χ0n) is 9.01. The summed E-state index contributed by atoms with van der Waals surface area (Å²) in [6.07, 6.45) is 5.01. The van der Waals surface area contributed by atoms with Gasteiger partial charge in [-0.25, -0.2) is 5.01 Å². The SMILES string of the molecule is CCCCC(C(C)CC)N(C)N. The number of hydrazine groups is 1. The summed E-state index contributed by atoms with van der Waals surface area (Å²) in [4.78, 5) is 0. The molecule has 0 aromatic heterocycles. The lowest BCUT2D eigenvalue weighted by Crippen LogP contribution is -2.41. The van der Waals surface area contributed by atoms with Crippen molar-refractivity contribution < 1.29 is 0 Å². The van der Waals surface area contributed by atoms with E-state index < -0.39 is 0 Å². The van der Waals surface area contributed by atoms with Crippen LogP contribution in [0.4, 0.5) is 0 Å². The zero-order valence-corrected chi connectivity index (χ0v) is 9.01. The molecule has 0 heterocycles. The molecule has 2 unspecified atom stereocenters. The molecule has 0 aromatic rings. The maximum absolute atomic E-state index is 5.79. The molecule has 0 spiro atoms. The Morgan fingerprint density at radius 1 is 1.33 bits per heavy atom. The molecule has 0 saturated carbocycles. The lowest BCUT2D eigenvalue weighted by Gasteiger charge is -2.28. The van der Waals surface area contributed by atoms with E-state index in [9.17, 15) is 0 Å². The molecule has 2 atom stereocenters. The van der Waals surface area contributed by atoms with Crippen LogP contribution in [-0.2, 0) is 0 Å². The van der Waals surface area contributed by atoms with Crippen LogP contribution in [0.15, 0.2) is 0 Å². The van der Waals surface area contributed by atoms with Crippen molar-refractivity contribution >= 4 is 0 Å². The van der Waals surface area contributed by atoms with Crippen molar-refractivity contribution in [3.63, 3.8) is 0 Å². The monoisotopic (exact) mass is 172 g/mol. The third-order valence-electron chi connectivity index (χ3n) is 2.68. The Kier molecular flexibility index (Phi) is 6.39. The molecule has 0 radical (unpaired) electrons.